The zero-order chi connectivity index (χ0) is 44.4. The van der Waals surface area contributed by atoms with Crippen LogP contribution in [0.2, 0.25) is 30.1 Å². The molecule has 316 valence electrons. The van der Waals surface area contributed by atoms with Gasteiger partial charge in [-0.05, 0) is 133 Å². The van der Waals surface area contributed by atoms with Crippen molar-refractivity contribution >= 4 is 127 Å². The molecule has 0 saturated carbocycles. The van der Waals surface area contributed by atoms with E-state index in [0.29, 0.717) is 63.5 Å². The normalized spacial score (nSPS) is 11.1. The molecule has 4 aromatic carbocycles. The zero-order valence-electron chi connectivity index (χ0n) is 32.7. The lowest BCUT2D eigenvalue weighted by atomic mass is 10.1. The summed E-state index contributed by atoms with van der Waals surface area (Å²) in [6.07, 6.45) is 5.83. The van der Waals surface area contributed by atoms with Crippen molar-refractivity contribution in [2.45, 2.75) is 5.16 Å². The molecule has 0 unspecified atom stereocenters. The molecule has 0 aliphatic rings. The lowest BCUT2D eigenvalue weighted by molar-refractivity contribution is 0.887. The number of benzene rings is 4. The molecule has 0 spiro atoms. The standard InChI is InChI=1S/C22H14Cl3N5S.C21H12Cl3N5S.CH3I/c1-31-22-28-27-21(30(22)15-8-5-13(23)6-9-15)20-19(16-12-14(24)7-10-17(16)25)26-18-4-2-3-11-29(18)20;22-12-4-7-14(8-5-12)29-20(26-27-21(29)30)19-18(15-11-13(23)6-9-16(15)24)25-17-3-1-2-10-28(17)19;1-2/h2-12H,1H3;1-11H,(H,27,30);1H3. The van der Waals surface area contributed by atoms with Gasteiger partial charge in [0, 0.05) is 49.3 Å². The smallest absolute Gasteiger partial charge is 0.200 e. The van der Waals surface area contributed by atoms with Crippen LogP contribution in [0.3, 0.4) is 0 Å². The second-order valence-corrected chi connectivity index (χ2v) is 16.9. The molecule has 6 aromatic heterocycles. The average molecular weight is 1100 g/mol. The Morgan fingerprint density at radius 3 is 1.51 bits per heavy atom. The first-order chi connectivity index (χ1) is 30.6. The Labute approximate surface area is 413 Å². The summed E-state index contributed by atoms with van der Waals surface area (Å²) in [7, 11) is 0. The highest BCUT2D eigenvalue weighted by Gasteiger charge is 2.26. The van der Waals surface area contributed by atoms with E-state index in [2.05, 4.69) is 43.0 Å². The largest absolute Gasteiger partial charge is 0.296 e. The Hall–Kier alpha value is -4.42. The quantitative estimate of drug-likeness (QED) is 0.0734. The van der Waals surface area contributed by atoms with E-state index in [1.54, 1.807) is 42.5 Å². The van der Waals surface area contributed by atoms with Gasteiger partial charge in [-0.1, -0.05) is 116 Å². The van der Waals surface area contributed by atoms with Crippen molar-refractivity contribution in [3.05, 3.63) is 169 Å². The van der Waals surface area contributed by atoms with E-state index < -0.39 is 0 Å². The maximum Gasteiger partial charge on any atom is 0.200 e. The third kappa shape index (κ3) is 9.13. The average Bonchev–Trinajstić information content (AvgIpc) is 4.09. The third-order valence-electron chi connectivity index (χ3n) is 9.51. The highest BCUT2D eigenvalue weighted by Crippen LogP contribution is 2.40. The zero-order valence-corrected chi connectivity index (χ0v) is 41.0. The number of hydrogen-bond donors (Lipinski definition) is 1. The second-order valence-electron chi connectivity index (χ2n) is 13.2. The first-order valence-electron chi connectivity index (χ1n) is 18.5. The van der Waals surface area contributed by atoms with Crippen LogP contribution in [0.25, 0.3) is 68.2 Å². The Bertz CT molecular complexity index is 3310. The Kier molecular flexibility index (Phi) is 14.2. The number of halogens is 7. The van der Waals surface area contributed by atoms with Crippen molar-refractivity contribution in [1.82, 2.24) is 48.3 Å². The van der Waals surface area contributed by atoms with Gasteiger partial charge in [-0.3, -0.25) is 23.0 Å². The molecule has 1 N–H and O–H groups in total. The topological polar surface area (TPSA) is 98.9 Å². The van der Waals surface area contributed by atoms with Crippen LogP contribution in [0.5, 0.6) is 0 Å². The minimum atomic E-state index is 0.446. The molecule has 6 heterocycles. The van der Waals surface area contributed by atoms with Gasteiger partial charge < -0.3 is 0 Å². The summed E-state index contributed by atoms with van der Waals surface area (Å²) in [6.45, 7) is 0. The summed E-state index contributed by atoms with van der Waals surface area (Å²) in [4.78, 5) is 11.6. The van der Waals surface area contributed by atoms with E-state index in [9.17, 15) is 0 Å². The van der Waals surface area contributed by atoms with Crippen LogP contribution < -0.4 is 0 Å². The number of aromatic amines is 1. The van der Waals surface area contributed by atoms with Crippen LogP contribution in [-0.2, 0) is 0 Å². The molecular weight excluding hydrogens is 1070 g/mol. The van der Waals surface area contributed by atoms with Crippen molar-refractivity contribution < 1.29 is 0 Å². The van der Waals surface area contributed by atoms with Gasteiger partial charge in [-0.25, -0.2) is 9.97 Å². The van der Waals surface area contributed by atoms with E-state index in [4.69, 9.17) is 91.8 Å². The Morgan fingerprint density at radius 1 is 0.556 bits per heavy atom. The summed E-state index contributed by atoms with van der Waals surface area (Å²) in [6, 6.07) is 37.1. The van der Waals surface area contributed by atoms with Gasteiger partial charge in [-0.15, -0.1) is 10.2 Å². The van der Waals surface area contributed by atoms with Crippen LogP contribution in [0, 0.1) is 4.77 Å². The molecule has 10 aromatic rings. The van der Waals surface area contributed by atoms with Crippen LogP contribution in [0.1, 0.15) is 0 Å². The third-order valence-corrected chi connectivity index (χ3v) is 12.0. The number of aromatic nitrogens is 10. The highest BCUT2D eigenvalue weighted by molar-refractivity contribution is 14.1. The fraction of sp³-hybridized carbons (Fsp3) is 0.0455. The van der Waals surface area contributed by atoms with E-state index in [1.807, 2.05) is 120 Å². The Balaban J connectivity index is 0.000000166. The highest BCUT2D eigenvalue weighted by atomic mass is 127. The summed E-state index contributed by atoms with van der Waals surface area (Å²) in [5.74, 6) is 1.23. The SMILES string of the molecule is CI.CSc1nnc(-c2c(-c3cc(Cl)ccc3Cl)nc3ccccn23)n1-c1ccc(Cl)cc1.S=c1[nH]nc(-c2c(-c3cc(Cl)ccc3Cl)nc3ccccn23)n1-c1ccc(Cl)cc1. The van der Waals surface area contributed by atoms with Crippen LogP contribution in [0.4, 0.5) is 0 Å². The fourth-order valence-electron chi connectivity index (χ4n) is 6.82. The molecule has 0 atom stereocenters. The van der Waals surface area contributed by atoms with Crippen molar-refractivity contribution in [1.29, 1.82) is 0 Å². The van der Waals surface area contributed by atoms with Gasteiger partial charge in [0.2, 0.25) is 0 Å². The molecule has 63 heavy (non-hydrogen) atoms. The van der Waals surface area contributed by atoms with Crippen LogP contribution in [-0.4, -0.2) is 59.5 Å². The molecule has 0 bridgehead atoms. The molecular formula is C44H29Cl6IN10S2. The predicted molar refractivity (Wildman–Crippen MR) is 271 cm³/mol. The fourth-order valence-corrected chi connectivity index (χ4v) is 8.56. The monoisotopic (exact) mass is 1100 g/mol. The molecule has 0 saturated heterocycles. The van der Waals surface area contributed by atoms with Gasteiger partial charge in [0.05, 0.1) is 15.7 Å². The molecule has 0 amide bonds. The van der Waals surface area contributed by atoms with E-state index in [-0.39, 0.29) is 0 Å². The maximum atomic E-state index is 6.55. The van der Waals surface area contributed by atoms with Gasteiger partial charge in [0.1, 0.15) is 34.1 Å². The van der Waals surface area contributed by atoms with Gasteiger partial charge in [0.15, 0.2) is 21.6 Å². The number of H-pyrrole nitrogens is 1. The number of nitrogens with one attached hydrogen (secondary N) is 1. The first-order valence-corrected chi connectivity index (χ1v) is 24.6. The molecule has 19 heteroatoms. The first kappa shape index (κ1) is 45.2. The number of hydrogen-bond acceptors (Lipinski definition) is 7. The Morgan fingerprint density at radius 2 is 1.02 bits per heavy atom. The summed E-state index contributed by atoms with van der Waals surface area (Å²) >= 11 is 47.0. The van der Waals surface area contributed by atoms with Crippen molar-refractivity contribution in [3.63, 3.8) is 0 Å². The molecule has 0 fully saturated rings. The van der Waals surface area contributed by atoms with E-state index in [0.717, 1.165) is 44.8 Å². The van der Waals surface area contributed by atoms with Crippen LogP contribution in [0.15, 0.2) is 139 Å². The van der Waals surface area contributed by atoms with Crippen molar-refractivity contribution in [3.8, 4) is 56.9 Å². The van der Waals surface area contributed by atoms with Gasteiger partial charge in [-0.2, -0.15) is 5.10 Å². The molecule has 0 aliphatic heterocycles. The lowest BCUT2D eigenvalue weighted by Crippen LogP contribution is -2.02. The minimum Gasteiger partial charge on any atom is -0.296 e. The number of thioether (sulfide) groups is 1. The van der Waals surface area contributed by atoms with E-state index in [1.165, 1.54) is 11.8 Å². The van der Waals surface area contributed by atoms with Crippen molar-refractivity contribution in [2.75, 3.05) is 11.2 Å². The molecule has 0 aliphatic carbocycles. The summed E-state index contributed by atoms with van der Waals surface area (Å²) < 4.78 is 8.20. The second kappa shape index (κ2) is 19.8. The lowest BCUT2D eigenvalue weighted by Gasteiger charge is -2.11. The van der Waals surface area contributed by atoms with Crippen molar-refractivity contribution in [2.24, 2.45) is 0 Å². The summed E-state index contributed by atoms with van der Waals surface area (Å²) in [5, 5.41) is 20.6. The summed E-state index contributed by atoms with van der Waals surface area (Å²) in [5.41, 5.74) is 7.48. The van der Waals surface area contributed by atoms with Gasteiger partial charge >= 0.3 is 0 Å². The number of nitrogens with zero attached hydrogens (tertiary/aromatic N) is 9. The van der Waals surface area contributed by atoms with Crippen LogP contribution >= 0.6 is 116 Å². The predicted octanol–water partition coefficient (Wildman–Crippen LogP) is 14.9. The maximum absolute atomic E-state index is 6.55. The molecule has 10 rings (SSSR count). The molecule has 0 radical (unpaired) electrons. The van der Waals surface area contributed by atoms with E-state index >= 15 is 0 Å². The number of pyridine rings is 2. The molecule has 10 nitrogen and oxygen atoms in total. The minimum absolute atomic E-state index is 0.446. The number of rotatable bonds is 7. The number of alkyl halides is 1. The number of imidazole rings is 2. The van der Waals surface area contributed by atoms with Gasteiger partial charge in [0.25, 0.3) is 0 Å². The number of fused-ring (bicyclic) bond motifs is 2.